The van der Waals surface area contributed by atoms with E-state index in [0.29, 0.717) is 28.7 Å². The molecule has 27 heavy (non-hydrogen) atoms. The SMILES string of the molecule is COC(=O)c1ccc(CNC(=O)C(C)N(C)Cc2cccc(Cl)c2Cl)cc1. The van der Waals surface area contributed by atoms with E-state index in [-0.39, 0.29) is 17.9 Å². The van der Waals surface area contributed by atoms with Crippen molar-refractivity contribution in [3.05, 3.63) is 69.2 Å². The molecule has 5 nitrogen and oxygen atoms in total. The Morgan fingerprint density at radius 2 is 1.81 bits per heavy atom. The number of hydrogen-bond donors (Lipinski definition) is 1. The van der Waals surface area contributed by atoms with E-state index in [2.05, 4.69) is 10.1 Å². The molecule has 0 aliphatic carbocycles. The fourth-order valence-corrected chi connectivity index (χ4v) is 2.87. The minimum absolute atomic E-state index is 0.104. The van der Waals surface area contributed by atoms with Crippen molar-refractivity contribution in [2.45, 2.75) is 26.1 Å². The normalized spacial score (nSPS) is 11.9. The molecule has 2 aromatic carbocycles. The van der Waals surface area contributed by atoms with Crippen LogP contribution in [-0.2, 0) is 22.6 Å². The molecule has 0 aliphatic heterocycles. The zero-order chi connectivity index (χ0) is 20.0. The maximum absolute atomic E-state index is 12.4. The maximum atomic E-state index is 12.4. The van der Waals surface area contributed by atoms with Crippen LogP contribution in [0.25, 0.3) is 0 Å². The molecule has 0 saturated carbocycles. The van der Waals surface area contributed by atoms with Crippen LogP contribution >= 0.6 is 23.2 Å². The van der Waals surface area contributed by atoms with Gasteiger partial charge in [-0.2, -0.15) is 0 Å². The fourth-order valence-electron chi connectivity index (χ4n) is 2.49. The van der Waals surface area contributed by atoms with E-state index in [0.717, 1.165) is 11.1 Å². The molecule has 0 heterocycles. The molecule has 0 radical (unpaired) electrons. The number of ether oxygens (including phenoxy) is 1. The van der Waals surface area contributed by atoms with E-state index in [9.17, 15) is 9.59 Å². The van der Waals surface area contributed by atoms with Crippen LogP contribution in [0.4, 0.5) is 0 Å². The lowest BCUT2D eigenvalue weighted by Gasteiger charge is -2.24. The minimum Gasteiger partial charge on any atom is -0.465 e. The molecule has 1 amide bonds. The Morgan fingerprint density at radius 1 is 1.15 bits per heavy atom. The van der Waals surface area contributed by atoms with E-state index in [1.807, 2.05) is 31.0 Å². The van der Waals surface area contributed by atoms with Crippen molar-refractivity contribution >= 4 is 35.1 Å². The number of esters is 1. The molecular formula is C20H22Cl2N2O3. The first-order valence-electron chi connectivity index (χ1n) is 8.41. The molecule has 0 aromatic heterocycles. The summed E-state index contributed by atoms with van der Waals surface area (Å²) in [6, 6.07) is 12.0. The molecule has 144 valence electrons. The molecule has 0 bridgehead atoms. The molecule has 0 fully saturated rings. The molecule has 1 N–H and O–H groups in total. The van der Waals surface area contributed by atoms with Gasteiger partial charge in [-0.1, -0.05) is 47.5 Å². The minimum atomic E-state index is -0.388. The molecule has 1 atom stereocenters. The Balaban J connectivity index is 1.91. The monoisotopic (exact) mass is 408 g/mol. The zero-order valence-corrected chi connectivity index (χ0v) is 17.0. The number of halogens is 2. The van der Waals surface area contributed by atoms with Gasteiger partial charge in [-0.25, -0.2) is 4.79 Å². The van der Waals surface area contributed by atoms with E-state index in [1.165, 1.54) is 7.11 Å². The van der Waals surface area contributed by atoms with Gasteiger partial charge >= 0.3 is 5.97 Å². The van der Waals surface area contributed by atoms with Crippen LogP contribution in [0.2, 0.25) is 10.0 Å². The number of methoxy groups -OCH3 is 1. The lowest BCUT2D eigenvalue weighted by atomic mass is 10.1. The molecule has 7 heteroatoms. The molecule has 0 saturated heterocycles. The number of nitrogens with zero attached hydrogens (tertiary/aromatic N) is 1. The van der Waals surface area contributed by atoms with Crippen molar-refractivity contribution in [2.24, 2.45) is 0 Å². The van der Waals surface area contributed by atoms with Crippen molar-refractivity contribution in [3.8, 4) is 0 Å². The third-order valence-electron chi connectivity index (χ3n) is 4.33. The van der Waals surface area contributed by atoms with Gasteiger partial charge in [0.25, 0.3) is 0 Å². The quantitative estimate of drug-likeness (QED) is 0.705. The van der Waals surface area contributed by atoms with Crippen LogP contribution < -0.4 is 5.32 Å². The number of amides is 1. The smallest absolute Gasteiger partial charge is 0.337 e. The Labute approximate surface area is 169 Å². The third-order valence-corrected chi connectivity index (χ3v) is 5.19. The molecule has 0 spiro atoms. The van der Waals surface area contributed by atoms with Crippen LogP contribution in [0.3, 0.4) is 0 Å². The lowest BCUT2D eigenvalue weighted by Crippen LogP contribution is -2.42. The zero-order valence-electron chi connectivity index (χ0n) is 15.5. The molecule has 2 rings (SSSR count). The van der Waals surface area contributed by atoms with Gasteiger partial charge in [-0.3, -0.25) is 9.69 Å². The van der Waals surface area contributed by atoms with E-state index in [4.69, 9.17) is 23.2 Å². The first kappa shape index (κ1) is 21.2. The van der Waals surface area contributed by atoms with Crippen molar-refractivity contribution in [1.29, 1.82) is 0 Å². The summed E-state index contributed by atoms with van der Waals surface area (Å²) in [4.78, 5) is 25.8. The number of hydrogen-bond acceptors (Lipinski definition) is 4. The number of nitrogens with one attached hydrogen (secondary N) is 1. The highest BCUT2D eigenvalue weighted by molar-refractivity contribution is 6.42. The van der Waals surface area contributed by atoms with Crippen molar-refractivity contribution in [2.75, 3.05) is 14.2 Å². The lowest BCUT2D eigenvalue weighted by molar-refractivity contribution is -0.125. The second kappa shape index (κ2) is 9.74. The van der Waals surface area contributed by atoms with Gasteiger partial charge in [0.2, 0.25) is 5.91 Å². The first-order chi connectivity index (χ1) is 12.8. The molecule has 1 unspecified atom stereocenters. The summed E-state index contributed by atoms with van der Waals surface area (Å²) in [6.07, 6.45) is 0. The summed E-state index contributed by atoms with van der Waals surface area (Å²) in [6.45, 7) is 2.70. The largest absolute Gasteiger partial charge is 0.465 e. The van der Waals surface area contributed by atoms with Crippen LogP contribution in [0.1, 0.15) is 28.4 Å². The topological polar surface area (TPSA) is 58.6 Å². The second-order valence-corrected chi connectivity index (χ2v) is 7.00. The maximum Gasteiger partial charge on any atom is 0.337 e. The van der Waals surface area contributed by atoms with E-state index in [1.54, 1.807) is 30.3 Å². The molecular weight excluding hydrogens is 387 g/mol. The van der Waals surface area contributed by atoms with E-state index >= 15 is 0 Å². The summed E-state index contributed by atoms with van der Waals surface area (Å²) in [5.41, 5.74) is 2.23. The fraction of sp³-hybridized carbons (Fsp3) is 0.300. The number of likely N-dealkylation sites (N-methyl/N-ethyl adjacent to an activating group) is 1. The van der Waals surface area contributed by atoms with Gasteiger partial charge in [-0.15, -0.1) is 0 Å². The van der Waals surface area contributed by atoms with Gasteiger partial charge in [0.15, 0.2) is 0 Å². The Bertz CT molecular complexity index is 809. The summed E-state index contributed by atoms with van der Waals surface area (Å²) in [5.74, 6) is -0.492. The average molecular weight is 409 g/mol. The number of benzene rings is 2. The predicted molar refractivity (Wildman–Crippen MR) is 107 cm³/mol. The van der Waals surface area contributed by atoms with Gasteiger partial charge in [0.05, 0.1) is 28.8 Å². The second-order valence-electron chi connectivity index (χ2n) is 6.21. The summed E-state index contributed by atoms with van der Waals surface area (Å²) < 4.78 is 4.66. The van der Waals surface area contributed by atoms with E-state index < -0.39 is 0 Å². The molecule has 0 aliphatic rings. The predicted octanol–water partition coefficient (Wildman–Crippen LogP) is 3.92. The highest BCUT2D eigenvalue weighted by atomic mass is 35.5. The third kappa shape index (κ3) is 5.70. The first-order valence-corrected chi connectivity index (χ1v) is 9.17. The number of carbonyl (C=O) groups is 2. The Hall–Kier alpha value is -2.08. The van der Waals surface area contributed by atoms with Gasteiger partial charge in [-0.05, 0) is 43.3 Å². The summed E-state index contributed by atoms with van der Waals surface area (Å²) in [7, 11) is 3.19. The van der Waals surface area contributed by atoms with Crippen LogP contribution in [0.5, 0.6) is 0 Å². The van der Waals surface area contributed by atoms with Gasteiger partial charge < -0.3 is 10.1 Å². The average Bonchev–Trinajstić information content (AvgIpc) is 2.68. The van der Waals surface area contributed by atoms with Crippen LogP contribution in [-0.4, -0.2) is 37.0 Å². The van der Waals surface area contributed by atoms with Crippen molar-refractivity contribution in [1.82, 2.24) is 10.2 Å². The van der Waals surface area contributed by atoms with Crippen molar-refractivity contribution < 1.29 is 14.3 Å². The molecule has 2 aromatic rings. The number of carbonyl (C=O) groups excluding carboxylic acids is 2. The summed E-state index contributed by atoms with van der Waals surface area (Å²) >= 11 is 12.3. The summed E-state index contributed by atoms with van der Waals surface area (Å²) in [5, 5.41) is 3.90. The Kier molecular flexibility index (Phi) is 7.66. The van der Waals surface area contributed by atoms with Crippen molar-refractivity contribution in [3.63, 3.8) is 0 Å². The van der Waals surface area contributed by atoms with Gasteiger partial charge in [0.1, 0.15) is 0 Å². The van der Waals surface area contributed by atoms with Crippen LogP contribution in [0, 0.1) is 0 Å². The highest BCUT2D eigenvalue weighted by Crippen LogP contribution is 2.26. The van der Waals surface area contributed by atoms with Crippen LogP contribution in [0.15, 0.2) is 42.5 Å². The number of rotatable bonds is 7. The highest BCUT2D eigenvalue weighted by Gasteiger charge is 2.19. The van der Waals surface area contributed by atoms with Gasteiger partial charge in [0, 0.05) is 13.1 Å². The Morgan fingerprint density at radius 3 is 2.44 bits per heavy atom. The standard InChI is InChI=1S/C20H22Cl2N2O3/c1-13(24(2)12-16-5-4-6-17(21)18(16)22)19(25)23-11-14-7-9-15(10-8-14)20(26)27-3/h4-10,13H,11-12H2,1-3H3,(H,23,25).